The number of guanidine groups is 1. The number of amides is 1. The van der Waals surface area contributed by atoms with Crippen molar-refractivity contribution in [1.29, 1.82) is 0 Å². The number of allylic oxidation sites excluding steroid dienone is 3. The van der Waals surface area contributed by atoms with E-state index in [0.29, 0.717) is 0 Å². The minimum absolute atomic E-state index is 0.149. The van der Waals surface area contributed by atoms with Crippen molar-refractivity contribution in [3.63, 3.8) is 0 Å². The minimum atomic E-state index is -4.02. The van der Waals surface area contributed by atoms with Gasteiger partial charge in [0.25, 0.3) is 0 Å². The van der Waals surface area contributed by atoms with Crippen LogP contribution in [-0.4, -0.2) is 55.3 Å². The van der Waals surface area contributed by atoms with E-state index in [9.17, 15) is 17.6 Å². The molecular weight excluding hydrogens is 461 g/mol. The minimum Gasteiger partial charge on any atom is -0.444 e. The van der Waals surface area contributed by atoms with Gasteiger partial charge in [0, 0.05) is 12.6 Å². The summed E-state index contributed by atoms with van der Waals surface area (Å²) >= 11 is 0. The Labute approximate surface area is 200 Å². The Morgan fingerprint density at radius 2 is 1.97 bits per heavy atom. The van der Waals surface area contributed by atoms with E-state index in [4.69, 9.17) is 9.47 Å². The Hall–Kier alpha value is -2.98. The van der Waals surface area contributed by atoms with Gasteiger partial charge in [0.1, 0.15) is 22.7 Å². The fourth-order valence-corrected chi connectivity index (χ4v) is 4.54. The summed E-state index contributed by atoms with van der Waals surface area (Å²) < 4.78 is 52.9. The first-order chi connectivity index (χ1) is 15.8. The van der Waals surface area contributed by atoms with E-state index >= 15 is 0 Å². The molecule has 0 fully saturated rings. The number of carbonyl (C=O) groups excluding carboxylic acids is 1. The predicted octanol–water partition coefficient (Wildman–Crippen LogP) is 4.08. The van der Waals surface area contributed by atoms with Gasteiger partial charge in [0.05, 0.1) is 13.2 Å². The zero-order valence-corrected chi connectivity index (χ0v) is 21.0. The summed E-state index contributed by atoms with van der Waals surface area (Å²) in [7, 11) is -2.78. The number of alkyl carbamates (subject to hydrolysis) is 1. The van der Waals surface area contributed by atoms with E-state index in [1.807, 2.05) is 30.3 Å². The molecule has 1 atom stereocenters. The molecule has 1 N–H and O–H groups in total. The van der Waals surface area contributed by atoms with E-state index in [0.717, 1.165) is 9.87 Å². The van der Waals surface area contributed by atoms with Crippen LogP contribution in [0, 0.1) is 0 Å². The Bertz CT molecular complexity index is 1090. The third-order valence-corrected chi connectivity index (χ3v) is 6.66. The van der Waals surface area contributed by atoms with Crippen LogP contribution >= 0.6 is 0 Å². The van der Waals surface area contributed by atoms with Gasteiger partial charge < -0.3 is 9.47 Å². The number of hydrogen-bond acceptors (Lipinski definition) is 6. The molecular formula is C24H32FN3O5S. The molecule has 1 heterocycles. The average Bonchev–Trinajstić information content (AvgIpc) is 2.74. The van der Waals surface area contributed by atoms with Gasteiger partial charge in [-0.3, -0.25) is 5.32 Å². The summed E-state index contributed by atoms with van der Waals surface area (Å²) in [6.45, 7) is 10.4. The molecule has 0 spiro atoms. The van der Waals surface area contributed by atoms with Gasteiger partial charge in [-0.15, -0.1) is 0 Å². The first-order valence-electron chi connectivity index (χ1n) is 10.7. The quantitative estimate of drug-likeness (QED) is 0.577. The lowest BCUT2D eigenvalue weighted by Crippen LogP contribution is -2.57. The summed E-state index contributed by atoms with van der Waals surface area (Å²) in [6, 6.07) is 9.23. The molecule has 0 unspecified atom stereocenters. The fraction of sp³-hybridized carbons (Fsp3) is 0.417. The maximum absolute atomic E-state index is 15.0. The molecule has 1 aliphatic rings. The molecule has 1 aliphatic heterocycles. The van der Waals surface area contributed by atoms with Crippen LogP contribution in [0.3, 0.4) is 0 Å². The number of benzene rings is 1. The van der Waals surface area contributed by atoms with Crippen LogP contribution in [0.5, 0.6) is 0 Å². The number of nitrogens with zero attached hydrogens (tertiary/aromatic N) is 2. The molecule has 0 bridgehead atoms. The Balaban J connectivity index is 2.47. The lowest BCUT2D eigenvalue weighted by atomic mass is 9.92. The molecule has 0 saturated carbocycles. The molecule has 1 aromatic rings. The molecule has 1 amide bonds. The van der Waals surface area contributed by atoms with Crippen LogP contribution in [0.15, 0.2) is 71.5 Å². The Morgan fingerprint density at radius 3 is 2.56 bits per heavy atom. The Kier molecular flexibility index (Phi) is 8.79. The number of nitrogens with one attached hydrogen (secondary N) is 1. The van der Waals surface area contributed by atoms with E-state index in [2.05, 4.69) is 16.9 Å². The SMILES string of the molecule is C=C(/C(F)=C\C=C/C)[C@]1(COCc2ccccc2)CS(=O)(=O)N(C)C(NC(=O)OC(C)(C)C)=N1. The lowest BCUT2D eigenvalue weighted by molar-refractivity contribution is 0.0557. The van der Waals surface area contributed by atoms with E-state index < -0.39 is 38.8 Å². The van der Waals surface area contributed by atoms with Gasteiger partial charge >= 0.3 is 6.09 Å². The van der Waals surface area contributed by atoms with Gasteiger partial charge in [-0.25, -0.2) is 26.9 Å². The van der Waals surface area contributed by atoms with Gasteiger partial charge in [-0.2, -0.15) is 0 Å². The highest BCUT2D eigenvalue weighted by atomic mass is 32.2. The maximum Gasteiger partial charge on any atom is 0.414 e. The monoisotopic (exact) mass is 493 g/mol. The summed E-state index contributed by atoms with van der Waals surface area (Å²) in [4.78, 5) is 16.8. The van der Waals surface area contributed by atoms with Gasteiger partial charge in [-0.05, 0) is 39.3 Å². The molecule has 2 rings (SSSR count). The normalized spacial score (nSPS) is 20.7. The molecule has 186 valence electrons. The topological polar surface area (TPSA) is 97.3 Å². The standard InChI is InChI=1S/C24H32FN3O5S/c1-7-8-14-20(25)18(2)24(16-32-15-19-12-10-9-11-13-19)17-34(30,31)28(6)21(27-24)26-22(29)33-23(3,4)5/h7-14H,2,15-17H2,1,3-6H3,(H,26,27,29)/b8-7-,20-14+/t24-/m0/s1. The van der Waals surface area contributed by atoms with Crippen molar-refractivity contribution in [3.8, 4) is 0 Å². The highest BCUT2D eigenvalue weighted by Gasteiger charge is 2.47. The summed E-state index contributed by atoms with van der Waals surface area (Å²) in [6.07, 6.45) is 3.36. The van der Waals surface area contributed by atoms with Crippen LogP contribution in [0.1, 0.15) is 33.3 Å². The maximum atomic E-state index is 15.0. The third-order valence-electron chi connectivity index (χ3n) is 4.81. The van der Waals surface area contributed by atoms with E-state index in [1.165, 1.54) is 19.2 Å². The van der Waals surface area contributed by atoms with Crippen molar-refractivity contribution in [2.24, 2.45) is 4.99 Å². The molecule has 0 radical (unpaired) electrons. The van der Waals surface area contributed by atoms with Gasteiger partial charge in [0.15, 0.2) is 0 Å². The molecule has 1 aromatic carbocycles. The molecule has 34 heavy (non-hydrogen) atoms. The largest absolute Gasteiger partial charge is 0.444 e. The predicted molar refractivity (Wildman–Crippen MR) is 130 cm³/mol. The van der Waals surface area contributed by atoms with Crippen molar-refractivity contribution in [2.45, 2.75) is 45.4 Å². The van der Waals surface area contributed by atoms with Crippen LogP contribution in [0.2, 0.25) is 0 Å². The van der Waals surface area contributed by atoms with Crippen LogP contribution in [0.4, 0.5) is 9.18 Å². The van der Waals surface area contributed by atoms with Crippen molar-refractivity contribution in [3.05, 3.63) is 72.1 Å². The number of carbonyl (C=O) groups is 1. The Morgan fingerprint density at radius 1 is 1.32 bits per heavy atom. The van der Waals surface area contributed by atoms with Gasteiger partial charge in [-0.1, -0.05) is 49.1 Å². The molecule has 0 aliphatic carbocycles. The number of hydrogen-bond donors (Lipinski definition) is 1. The van der Waals surface area contributed by atoms with E-state index in [-0.39, 0.29) is 24.7 Å². The lowest BCUT2D eigenvalue weighted by Gasteiger charge is -2.38. The fourth-order valence-electron chi connectivity index (χ4n) is 3.07. The first-order valence-corrected chi connectivity index (χ1v) is 12.3. The number of halogens is 1. The van der Waals surface area contributed by atoms with Crippen LogP contribution < -0.4 is 5.32 Å². The average molecular weight is 494 g/mol. The summed E-state index contributed by atoms with van der Waals surface area (Å²) in [5.41, 5.74) is -1.87. The number of aliphatic imine (C=N–C) groups is 1. The van der Waals surface area contributed by atoms with Gasteiger partial charge in [0.2, 0.25) is 16.0 Å². The zero-order chi connectivity index (χ0) is 25.6. The van der Waals surface area contributed by atoms with E-state index in [1.54, 1.807) is 33.8 Å². The smallest absolute Gasteiger partial charge is 0.414 e. The van der Waals surface area contributed by atoms with Crippen molar-refractivity contribution in [2.75, 3.05) is 19.4 Å². The zero-order valence-electron chi connectivity index (χ0n) is 20.2. The highest BCUT2D eigenvalue weighted by molar-refractivity contribution is 7.89. The third kappa shape index (κ3) is 7.26. The number of sulfonamides is 1. The molecule has 8 nitrogen and oxygen atoms in total. The second-order valence-electron chi connectivity index (χ2n) is 8.81. The highest BCUT2D eigenvalue weighted by Crippen LogP contribution is 2.34. The van der Waals surface area contributed by atoms with Crippen molar-refractivity contribution in [1.82, 2.24) is 9.62 Å². The molecule has 0 aromatic heterocycles. The summed E-state index contributed by atoms with van der Waals surface area (Å²) in [5, 5.41) is 2.36. The summed E-state index contributed by atoms with van der Waals surface area (Å²) in [5.74, 6) is -1.66. The number of rotatable bonds is 7. The van der Waals surface area contributed by atoms with Crippen molar-refractivity contribution >= 4 is 22.1 Å². The second-order valence-corrected chi connectivity index (χ2v) is 10.8. The second kappa shape index (κ2) is 11.0. The van der Waals surface area contributed by atoms with Crippen LogP contribution in [0.25, 0.3) is 0 Å². The van der Waals surface area contributed by atoms with Crippen LogP contribution in [-0.2, 0) is 26.1 Å². The first kappa shape index (κ1) is 27.3. The van der Waals surface area contributed by atoms with Crippen molar-refractivity contribution < 1.29 is 27.1 Å². The molecule has 10 heteroatoms. The number of ether oxygens (including phenoxy) is 2. The molecule has 0 saturated heterocycles.